The van der Waals surface area contributed by atoms with E-state index < -0.39 is 0 Å². The fourth-order valence-electron chi connectivity index (χ4n) is 4.12. The molecule has 1 aliphatic rings. The van der Waals surface area contributed by atoms with Crippen molar-refractivity contribution in [1.29, 1.82) is 0 Å². The van der Waals surface area contributed by atoms with Crippen molar-refractivity contribution in [2.75, 3.05) is 13.2 Å². The molecule has 0 spiro atoms. The maximum Gasteiger partial charge on any atom is 0.254 e. The first-order chi connectivity index (χ1) is 15.0. The zero-order valence-electron chi connectivity index (χ0n) is 18.0. The van der Waals surface area contributed by atoms with Gasteiger partial charge >= 0.3 is 0 Å². The molecule has 2 heterocycles. The van der Waals surface area contributed by atoms with Gasteiger partial charge in [-0.3, -0.25) is 9.78 Å². The van der Waals surface area contributed by atoms with Crippen LogP contribution in [0.2, 0.25) is 0 Å². The van der Waals surface area contributed by atoms with Crippen LogP contribution in [0.5, 0.6) is 0 Å². The van der Waals surface area contributed by atoms with Crippen molar-refractivity contribution in [3.8, 4) is 11.1 Å². The van der Waals surface area contributed by atoms with Crippen LogP contribution in [0.25, 0.3) is 11.1 Å². The van der Waals surface area contributed by atoms with Crippen molar-refractivity contribution in [3.05, 3.63) is 89.0 Å². The molecule has 4 rings (SSSR count). The summed E-state index contributed by atoms with van der Waals surface area (Å²) in [4.78, 5) is 19.9. The zero-order chi connectivity index (χ0) is 21.8. The van der Waals surface area contributed by atoms with E-state index >= 15 is 0 Å². The summed E-state index contributed by atoms with van der Waals surface area (Å²) in [6.07, 6.45) is 1.83. The molecular formula is C26H27FN2O2. The molecule has 2 aromatic carbocycles. The van der Waals surface area contributed by atoms with E-state index in [1.165, 1.54) is 12.1 Å². The van der Waals surface area contributed by atoms with Gasteiger partial charge in [-0.25, -0.2) is 4.39 Å². The number of benzene rings is 2. The molecule has 0 radical (unpaired) electrons. The first-order valence-corrected chi connectivity index (χ1v) is 10.8. The molecule has 3 aromatic rings. The largest absolute Gasteiger partial charge is 0.377 e. The van der Waals surface area contributed by atoms with Crippen molar-refractivity contribution in [2.24, 2.45) is 0 Å². The van der Waals surface area contributed by atoms with E-state index in [4.69, 9.17) is 9.72 Å². The average Bonchev–Trinajstić information content (AvgIpc) is 3.28. The highest BCUT2D eigenvalue weighted by molar-refractivity contribution is 5.94. The maximum atomic E-state index is 13.3. The lowest BCUT2D eigenvalue weighted by atomic mass is 10.0. The van der Waals surface area contributed by atoms with Crippen LogP contribution in [0.1, 0.15) is 53.1 Å². The van der Waals surface area contributed by atoms with Crippen LogP contribution in [0, 0.1) is 12.7 Å². The third-order valence-corrected chi connectivity index (χ3v) is 5.68. The van der Waals surface area contributed by atoms with E-state index in [0.29, 0.717) is 25.3 Å². The van der Waals surface area contributed by atoms with Crippen LogP contribution < -0.4 is 0 Å². The number of hydrogen-bond acceptors (Lipinski definition) is 3. The van der Waals surface area contributed by atoms with Crippen LogP contribution in [0.4, 0.5) is 4.39 Å². The van der Waals surface area contributed by atoms with Gasteiger partial charge < -0.3 is 9.64 Å². The molecule has 0 N–H and O–H groups in total. The van der Waals surface area contributed by atoms with Gasteiger partial charge in [-0.2, -0.15) is 0 Å². The lowest BCUT2D eigenvalue weighted by molar-refractivity contribution is 0.0732. The van der Waals surface area contributed by atoms with Crippen LogP contribution in [0.15, 0.2) is 60.7 Å². The molecule has 1 fully saturated rings. The number of carbonyl (C=O) groups is 1. The molecule has 0 aliphatic carbocycles. The van der Waals surface area contributed by atoms with E-state index in [0.717, 1.165) is 40.9 Å². The van der Waals surface area contributed by atoms with Crippen molar-refractivity contribution < 1.29 is 13.9 Å². The average molecular weight is 419 g/mol. The quantitative estimate of drug-likeness (QED) is 0.515. The van der Waals surface area contributed by atoms with Gasteiger partial charge in [-0.1, -0.05) is 24.3 Å². The van der Waals surface area contributed by atoms with Crippen LogP contribution in [-0.4, -0.2) is 28.9 Å². The molecule has 4 nitrogen and oxygen atoms in total. The van der Waals surface area contributed by atoms with Crippen molar-refractivity contribution in [1.82, 2.24) is 9.88 Å². The number of nitrogens with zero attached hydrogens (tertiary/aromatic N) is 2. The van der Waals surface area contributed by atoms with Gasteiger partial charge in [0.25, 0.3) is 5.91 Å². The van der Waals surface area contributed by atoms with Crippen LogP contribution >= 0.6 is 0 Å². The second-order valence-electron chi connectivity index (χ2n) is 7.92. The molecule has 1 amide bonds. The molecule has 1 aliphatic heterocycles. The number of ether oxygens (including phenoxy) is 1. The van der Waals surface area contributed by atoms with Crippen molar-refractivity contribution in [2.45, 2.75) is 39.3 Å². The third-order valence-electron chi connectivity index (χ3n) is 5.68. The molecule has 31 heavy (non-hydrogen) atoms. The highest BCUT2D eigenvalue weighted by Gasteiger charge is 2.32. The van der Waals surface area contributed by atoms with Gasteiger partial charge in [0, 0.05) is 24.4 Å². The number of aromatic nitrogens is 1. The third kappa shape index (κ3) is 4.83. The number of hydrogen-bond donors (Lipinski definition) is 0. The fraction of sp³-hybridized carbons (Fsp3) is 0.308. The standard InChI is InChI=1S/C26H27FN2O2/c1-3-31-17-19-6-8-21(9-7-19)26(30)29-14-4-5-25(29)24-16-22(15-18(2)28-24)20-10-12-23(27)13-11-20/h6-13,15-16,25H,3-5,14,17H2,1-2H3/t25-/m1/s1. The van der Waals surface area contributed by atoms with Gasteiger partial charge in [-0.15, -0.1) is 0 Å². The summed E-state index contributed by atoms with van der Waals surface area (Å²) in [5, 5.41) is 0. The van der Waals surface area contributed by atoms with E-state index in [9.17, 15) is 9.18 Å². The highest BCUT2D eigenvalue weighted by Crippen LogP contribution is 2.34. The Hall–Kier alpha value is -3.05. The number of rotatable bonds is 6. The Labute approximate surface area is 182 Å². The Kier molecular flexibility index (Phi) is 6.42. The summed E-state index contributed by atoms with van der Waals surface area (Å²) < 4.78 is 18.8. The minimum atomic E-state index is -0.255. The summed E-state index contributed by atoms with van der Waals surface area (Å²) >= 11 is 0. The molecule has 160 valence electrons. The lowest BCUT2D eigenvalue weighted by Gasteiger charge is -2.25. The predicted octanol–water partition coefficient (Wildman–Crippen LogP) is 5.71. The molecule has 1 aromatic heterocycles. The summed E-state index contributed by atoms with van der Waals surface area (Å²) in [6.45, 7) is 5.85. The number of pyridine rings is 1. The summed E-state index contributed by atoms with van der Waals surface area (Å²) in [5.74, 6) is -0.230. The number of halogens is 1. The van der Waals surface area contributed by atoms with Gasteiger partial charge in [0.2, 0.25) is 0 Å². The highest BCUT2D eigenvalue weighted by atomic mass is 19.1. The number of aryl methyl sites for hydroxylation is 1. The Morgan fingerprint density at radius 2 is 1.84 bits per heavy atom. The van der Waals surface area contributed by atoms with E-state index in [2.05, 4.69) is 0 Å². The molecular weight excluding hydrogens is 391 g/mol. The maximum absolute atomic E-state index is 13.3. The Morgan fingerprint density at radius 3 is 2.55 bits per heavy atom. The molecule has 5 heteroatoms. The van der Waals surface area contributed by atoms with Crippen molar-refractivity contribution in [3.63, 3.8) is 0 Å². The number of carbonyl (C=O) groups excluding carboxylic acids is 1. The van der Waals surface area contributed by atoms with Gasteiger partial charge in [0.05, 0.1) is 18.3 Å². The molecule has 1 atom stereocenters. The van der Waals surface area contributed by atoms with Gasteiger partial charge in [0.1, 0.15) is 5.82 Å². The topological polar surface area (TPSA) is 42.4 Å². The Morgan fingerprint density at radius 1 is 1.10 bits per heavy atom. The summed E-state index contributed by atoms with van der Waals surface area (Å²) in [6, 6.07) is 18.1. The number of amides is 1. The monoisotopic (exact) mass is 418 g/mol. The SMILES string of the molecule is CCOCc1ccc(C(=O)N2CCC[C@@H]2c2cc(-c3ccc(F)cc3)cc(C)n2)cc1. The summed E-state index contributed by atoms with van der Waals surface area (Å²) in [5.41, 5.74) is 5.43. The van der Waals surface area contributed by atoms with Crippen molar-refractivity contribution >= 4 is 5.91 Å². The minimum Gasteiger partial charge on any atom is -0.377 e. The molecule has 0 bridgehead atoms. The summed E-state index contributed by atoms with van der Waals surface area (Å²) in [7, 11) is 0. The van der Waals surface area contributed by atoms with Gasteiger partial charge in [0.15, 0.2) is 0 Å². The minimum absolute atomic E-state index is 0.0251. The van der Waals surface area contributed by atoms with Gasteiger partial charge in [-0.05, 0) is 79.8 Å². The first-order valence-electron chi connectivity index (χ1n) is 10.8. The first kappa shape index (κ1) is 21.2. The lowest BCUT2D eigenvalue weighted by Crippen LogP contribution is -2.31. The van der Waals surface area contributed by atoms with E-state index in [-0.39, 0.29) is 17.8 Å². The predicted molar refractivity (Wildman–Crippen MR) is 119 cm³/mol. The normalized spacial score (nSPS) is 16.0. The molecule has 0 unspecified atom stereocenters. The Balaban J connectivity index is 1.58. The van der Waals surface area contributed by atoms with Crippen LogP contribution in [-0.2, 0) is 11.3 Å². The number of likely N-dealkylation sites (tertiary alicyclic amines) is 1. The van der Waals surface area contributed by atoms with E-state index in [1.807, 2.05) is 55.1 Å². The van der Waals surface area contributed by atoms with E-state index in [1.54, 1.807) is 12.1 Å². The molecule has 1 saturated heterocycles. The fourth-order valence-corrected chi connectivity index (χ4v) is 4.12. The molecule has 0 saturated carbocycles. The smallest absolute Gasteiger partial charge is 0.254 e. The second-order valence-corrected chi connectivity index (χ2v) is 7.92. The zero-order valence-corrected chi connectivity index (χ0v) is 18.0. The Bertz CT molecular complexity index is 1050. The second kappa shape index (κ2) is 9.40. The van der Waals surface area contributed by atoms with Crippen LogP contribution in [0.3, 0.4) is 0 Å².